The lowest BCUT2D eigenvalue weighted by atomic mass is 9.85. The van der Waals surface area contributed by atoms with E-state index >= 15 is 0 Å². The molecular weight excluding hydrogens is 1590 g/mol. The molecule has 14 atom stereocenters. The quantitative estimate of drug-likeness (QED) is 0.0270. The Bertz CT molecular complexity index is 3090. The van der Waals surface area contributed by atoms with Crippen molar-refractivity contribution >= 4 is 71.4 Å². The van der Waals surface area contributed by atoms with Gasteiger partial charge in [-0.1, -0.05) is 0 Å². The largest absolute Gasteiger partial charge is 0.480 e. The molecular formula is C70H123N15O34. The normalized spacial score (nSPS) is 26.4. The third-order valence-corrected chi connectivity index (χ3v) is 21.3. The molecule has 5 fully saturated rings. The van der Waals surface area contributed by atoms with Crippen LogP contribution in [0.3, 0.4) is 0 Å². The summed E-state index contributed by atoms with van der Waals surface area (Å²) in [5.41, 5.74) is 0. The molecule has 0 spiro atoms. The monoisotopic (exact) mass is 1720 g/mol. The summed E-state index contributed by atoms with van der Waals surface area (Å²) in [5.74, 6) is -16.2. The minimum Gasteiger partial charge on any atom is -0.480 e. The second-order valence-corrected chi connectivity index (χ2v) is 30.3. The van der Waals surface area contributed by atoms with Crippen molar-refractivity contribution in [2.75, 3.05) is 288 Å². The number of carbonyl (C=O) groups is 12. The zero-order valence-corrected chi connectivity index (χ0v) is 66.6. The van der Waals surface area contributed by atoms with Crippen molar-refractivity contribution in [3.8, 4) is 0 Å². The first-order chi connectivity index (χ1) is 56.5. The van der Waals surface area contributed by atoms with Gasteiger partial charge in [0.25, 0.3) is 0 Å². The highest BCUT2D eigenvalue weighted by Crippen LogP contribution is 2.29. The van der Waals surface area contributed by atoms with Gasteiger partial charge in [0, 0.05) is 169 Å². The highest BCUT2D eigenvalue weighted by Gasteiger charge is 2.49. The van der Waals surface area contributed by atoms with Crippen LogP contribution in [0.4, 0.5) is 0 Å². The summed E-state index contributed by atoms with van der Waals surface area (Å²) in [6.07, 6.45) is -15.3. The lowest BCUT2D eigenvalue weighted by molar-refractivity contribution is -0.217. The van der Waals surface area contributed by atoms with Crippen LogP contribution in [0.5, 0.6) is 0 Å². The van der Waals surface area contributed by atoms with Crippen LogP contribution in [0, 0.1) is 11.8 Å². The van der Waals surface area contributed by atoms with E-state index in [9.17, 15) is 149 Å². The van der Waals surface area contributed by atoms with Gasteiger partial charge in [0.2, 0.25) is 17.7 Å². The van der Waals surface area contributed by atoms with Gasteiger partial charge in [-0.15, -0.1) is 0 Å². The number of nitrogens with zero attached hydrogens (tertiary/aromatic N) is 12. The molecule has 49 nitrogen and oxygen atoms in total. The Morgan fingerprint density at radius 1 is 0.311 bits per heavy atom. The highest BCUT2D eigenvalue weighted by molar-refractivity contribution is 5.80. The Morgan fingerprint density at radius 3 is 0.824 bits per heavy atom. The molecule has 0 bridgehead atoms. The summed E-state index contributed by atoms with van der Waals surface area (Å²) in [6, 6.07) is -4.77. The van der Waals surface area contributed by atoms with Crippen LogP contribution >= 0.6 is 0 Å². The number of ether oxygens (including phenoxy) is 4. The van der Waals surface area contributed by atoms with Crippen molar-refractivity contribution in [3.63, 3.8) is 0 Å². The lowest BCUT2D eigenvalue weighted by Crippen LogP contribution is -2.66. The van der Waals surface area contributed by atoms with Gasteiger partial charge >= 0.3 is 53.7 Å². The van der Waals surface area contributed by atoms with Gasteiger partial charge in [0.1, 0.15) is 30.5 Å². The maximum atomic E-state index is 14.7. The van der Waals surface area contributed by atoms with E-state index in [-0.39, 0.29) is 157 Å². The lowest BCUT2D eigenvalue weighted by Gasteiger charge is -2.45. The van der Waals surface area contributed by atoms with E-state index in [0.29, 0.717) is 0 Å². The molecule has 0 aromatic rings. The highest BCUT2D eigenvalue weighted by atomic mass is 16.6. The molecule has 0 saturated carbocycles. The maximum Gasteiger partial charge on any atom is 0.317 e. The maximum absolute atomic E-state index is 14.7. The molecule has 49 heteroatoms. The number of aliphatic hydroxyl groups excluding tert-OH is 9. The molecule has 5 aliphatic rings. The molecule has 5 saturated heterocycles. The van der Waals surface area contributed by atoms with Gasteiger partial charge in [0.15, 0.2) is 0 Å². The number of carboxylic acid groups (broad SMARTS) is 9. The number of hydrogen-bond acceptors (Lipinski definition) is 37. The number of carbonyl (C=O) groups excluding carboxylic acids is 3. The number of hydrogen-bond donors (Lipinski definition) is 21. The minimum atomic E-state index is -1.96. The Balaban J connectivity index is 1.42. The van der Waals surface area contributed by atoms with Crippen molar-refractivity contribution in [1.29, 1.82) is 0 Å². The molecule has 0 aliphatic carbocycles. The number of rotatable bonds is 42. The van der Waals surface area contributed by atoms with Gasteiger partial charge in [-0.25, -0.2) is 0 Å². The Morgan fingerprint density at radius 2 is 0.563 bits per heavy atom. The van der Waals surface area contributed by atoms with E-state index in [1.54, 1.807) is 19.6 Å². The van der Waals surface area contributed by atoms with E-state index < -0.39 is 288 Å². The van der Waals surface area contributed by atoms with Crippen molar-refractivity contribution in [2.24, 2.45) is 11.8 Å². The Labute approximate surface area is 685 Å². The molecule has 5 heterocycles. The van der Waals surface area contributed by atoms with Gasteiger partial charge in [-0.3, -0.25) is 116 Å². The van der Waals surface area contributed by atoms with Gasteiger partial charge in [0.05, 0.1) is 174 Å². The average Bonchev–Trinajstić information content (AvgIpc) is 0.800. The Kier molecular flexibility index (Phi) is 46.0. The first-order valence-corrected chi connectivity index (χ1v) is 39.3. The van der Waals surface area contributed by atoms with E-state index in [4.69, 9.17) is 18.9 Å². The molecule has 5 rings (SSSR count). The first kappa shape index (κ1) is 102. The van der Waals surface area contributed by atoms with Crippen molar-refractivity contribution in [2.45, 2.75) is 73.1 Å². The van der Waals surface area contributed by atoms with E-state index in [1.165, 1.54) is 39.2 Å². The fraction of sp³-hybridized carbons (Fsp3) is 0.829. The van der Waals surface area contributed by atoms with Crippen molar-refractivity contribution in [3.05, 3.63) is 0 Å². The third-order valence-electron chi connectivity index (χ3n) is 21.3. The number of nitrogens with one attached hydrogen (secondary N) is 3. The molecule has 0 radical (unpaired) electrons. The molecule has 5 aliphatic heterocycles. The second kappa shape index (κ2) is 53.5. The Hall–Kier alpha value is -7.36. The molecule has 21 N–H and O–H groups in total. The van der Waals surface area contributed by atoms with Gasteiger partial charge in [-0.05, 0) is 0 Å². The summed E-state index contributed by atoms with van der Waals surface area (Å²) in [6.45, 7) is -11.4. The number of aliphatic hydroxyl groups is 9. The van der Waals surface area contributed by atoms with Gasteiger partial charge < -0.3 is 127 Å². The summed E-state index contributed by atoms with van der Waals surface area (Å²) in [5, 5.41) is 197. The fourth-order valence-corrected chi connectivity index (χ4v) is 14.8. The smallest absolute Gasteiger partial charge is 0.317 e. The molecule has 682 valence electrons. The van der Waals surface area contributed by atoms with Crippen LogP contribution in [0.1, 0.15) is 0 Å². The summed E-state index contributed by atoms with van der Waals surface area (Å²) in [7, 11) is 0. The van der Waals surface area contributed by atoms with E-state index in [1.807, 2.05) is 0 Å². The molecule has 0 aromatic heterocycles. The summed E-state index contributed by atoms with van der Waals surface area (Å²) in [4.78, 5) is 169. The topological polar surface area (TPSA) is 681 Å². The molecule has 0 aromatic carbocycles. The zero-order chi connectivity index (χ0) is 88.0. The predicted molar refractivity (Wildman–Crippen MR) is 406 cm³/mol. The zero-order valence-electron chi connectivity index (χ0n) is 66.6. The third kappa shape index (κ3) is 38.3. The number of amides is 3. The number of aliphatic carboxylic acids is 9. The van der Waals surface area contributed by atoms with Crippen molar-refractivity contribution < 1.29 is 168 Å². The number of carboxylic acids is 9. The fourth-order valence-electron chi connectivity index (χ4n) is 14.8. The first-order valence-electron chi connectivity index (χ1n) is 39.3. The average molecular weight is 1720 g/mol. The minimum absolute atomic E-state index is 0.0000464. The van der Waals surface area contributed by atoms with Gasteiger partial charge in [-0.2, -0.15) is 0 Å². The predicted octanol–water partition coefficient (Wildman–Crippen LogP) is -14.6. The van der Waals surface area contributed by atoms with Crippen LogP contribution in [0.2, 0.25) is 0 Å². The molecule has 3 amide bonds. The molecule has 0 unspecified atom stereocenters. The second-order valence-electron chi connectivity index (χ2n) is 30.3. The standard InChI is InChI=1S/C70H123N15O34/c86-37-47(71-53(91)25-74-1-7-77(28-56(94)95)13-19-83(34-62(106)107)20-14-78(8-2-74)29-57(96)97)67(112)45(48(90)38-87)41-116-43-51-65(72-54(92)26-75-3-9-79(30-58(98)99)15-21-84(35-63(108)109)22-16-80(10-4-75)31-59(100)101)68(113)46(49(39-88)118-51)42-117-44-52-66(70(115)69(114)50(40-89)119-52)73-55(93)27-76-5-11-81(32-60(102)103)17-23-85(36-64(110)111)24-18-82(12-6-76)33-61(104)105/h45-52,65-70,86-90,112-115H,1-44H2,(H,71,91)(H,72,92)(H,73,93)(H,94,95)(H,96,97)(H,98,99)(H,100,101)(H,102,103)(H,104,105)(H,106,107)(H,108,109)(H,110,111)/t45-,46-,47-,48+,49+,50+,51+,52+,65-,66-,67-,68-,69-,70+/m0/s1. The van der Waals surface area contributed by atoms with Crippen LogP contribution in [0.15, 0.2) is 0 Å². The van der Waals surface area contributed by atoms with Crippen LogP contribution in [0.25, 0.3) is 0 Å². The summed E-state index contributed by atoms with van der Waals surface area (Å²) >= 11 is 0. The van der Waals surface area contributed by atoms with Crippen molar-refractivity contribution in [1.82, 2.24) is 74.7 Å². The molecule has 119 heavy (non-hydrogen) atoms. The van der Waals surface area contributed by atoms with Crippen LogP contribution in [-0.4, -0.2) is 584 Å². The van der Waals surface area contributed by atoms with Crippen LogP contribution < -0.4 is 16.0 Å². The van der Waals surface area contributed by atoms with E-state index in [0.717, 1.165) is 0 Å². The SMILES string of the molecule is O=C(O)CN1CCN(CC(=O)O)CCN(CC(=O)N[C@@H]2[C@@H](O)[C@@H](O)[C@@H](CO)O[C@@H]2COC[C@@H]2[C@H](O)[C@@H](NC(=O)CN3CCN(CC(=O)O)CCN(CC(=O)O)CCN(CC(=O)O)CC3)[C@@H](COC[C@H]([C@H](O)[C@H](CO)NC(=O)CN3CCN(CC(=O)O)CCN(CC(=O)O)CCN(CC(=O)O)CC3)[C@H](O)CO)O[C@@H]2CO)CCN(CC(=O)O)CC1. The van der Waals surface area contributed by atoms with Crippen LogP contribution in [-0.2, 0) is 76.5 Å². The van der Waals surface area contributed by atoms with E-state index in [2.05, 4.69) is 16.0 Å². The summed E-state index contributed by atoms with van der Waals surface area (Å²) < 4.78 is 24.6.